The minimum absolute atomic E-state index is 0.357. The fourth-order valence-electron chi connectivity index (χ4n) is 8.05. The second-order valence-corrected chi connectivity index (χ2v) is 17.9. The Morgan fingerprint density at radius 1 is 0.414 bits per heavy atom. The van der Waals surface area contributed by atoms with Gasteiger partial charge in [0.1, 0.15) is 12.2 Å². The van der Waals surface area contributed by atoms with Crippen LogP contribution >= 0.6 is 0 Å². The fourth-order valence-corrected chi connectivity index (χ4v) is 8.05. The van der Waals surface area contributed by atoms with Crippen molar-refractivity contribution in [3.63, 3.8) is 0 Å². The molecule has 0 fully saturated rings. The molecule has 0 aromatic rings. The lowest BCUT2D eigenvalue weighted by Gasteiger charge is -2.27. The molecule has 58 heavy (non-hydrogen) atoms. The highest BCUT2D eigenvalue weighted by Crippen LogP contribution is 2.17. The number of carbonyl (C=O) groups excluding carboxylic acids is 1. The van der Waals surface area contributed by atoms with Crippen LogP contribution in [-0.2, 0) is 4.79 Å². The highest BCUT2D eigenvalue weighted by Gasteiger charge is 2.28. The molecule has 0 heterocycles. The van der Waals surface area contributed by atoms with Crippen molar-refractivity contribution in [2.45, 2.75) is 295 Å². The molecule has 0 spiro atoms. The molecule has 4 atom stereocenters. The normalized spacial score (nSPS) is 14.1. The van der Waals surface area contributed by atoms with Gasteiger partial charge >= 0.3 is 0 Å². The summed E-state index contributed by atoms with van der Waals surface area (Å²) in [7, 11) is 0. The average molecular weight is 820 g/mol. The zero-order valence-corrected chi connectivity index (χ0v) is 38.8. The molecule has 1 amide bonds. The molecule has 0 aliphatic rings. The summed E-state index contributed by atoms with van der Waals surface area (Å²) in [6, 6.07) is -1.00. The third-order valence-electron chi connectivity index (χ3n) is 12.1. The van der Waals surface area contributed by atoms with Crippen molar-refractivity contribution in [1.82, 2.24) is 5.32 Å². The van der Waals surface area contributed by atoms with E-state index in [0.29, 0.717) is 12.8 Å². The summed E-state index contributed by atoms with van der Waals surface area (Å²) in [5.41, 5.74) is 0. The van der Waals surface area contributed by atoms with E-state index in [1.807, 2.05) is 0 Å². The van der Waals surface area contributed by atoms with Gasteiger partial charge in [0.2, 0.25) is 5.91 Å². The Morgan fingerprint density at radius 2 is 0.707 bits per heavy atom. The topological polar surface area (TPSA) is 110 Å². The Morgan fingerprint density at radius 3 is 1.03 bits per heavy atom. The first-order chi connectivity index (χ1) is 28.5. The van der Waals surface area contributed by atoms with Gasteiger partial charge in [0.05, 0.1) is 18.8 Å². The quantitative estimate of drug-likeness (QED) is 0.0310. The monoisotopic (exact) mass is 820 g/mol. The van der Waals surface area contributed by atoms with Crippen LogP contribution in [0.1, 0.15) is 271 Å². The van der Waals surface area contributed by atoms with Gasteiger partial charge in [0, 0.05) is 0 Å². The van der Waals surface area contributed by atoms with E-state index in [9.17, 15) is 25.2 Å². The van der Waals surface area contributed by atoms with Crippen molar-refractivity contribution in [2.75, 3.05) is 6.61 Å². The summed E-state index contributed by atoms with van der Waals surface area (Å²) in [5.74, 6) is -0.596. The van der Waals surface area contributed by atoms with Gasteiger partial charge in [-0.3, -0.25) is 4.79 Å². The van der Waals surface area contributed by atoms with E-state index in [2.05, 4.69) is 43.5 Å². The van der Waals surface area contributed by atoms with E-state index in [1.165, 1.54) is 199 Å². The molecule has 0 bridgehead atoms. The number of hydrogen-bond acceptors (Lipinski definition) is 5. The van der Waals surface area contributed by atoms with Crippen LogP contribution in [0.2, 0.25) is 0 Å². The molecule has 6 nitrogen and oxygen atoms in total. The zero-order valence-electron chi connectivity index (χ0n) is 38.8. The Hall–Kier alpha value is -1.21. The summed E-state index contributed by atoms with van der Waals surface area (Å²) in [5, 5.41) is 43.8. The lowest BCUT2D eigenvalue weighted by atomic mass is 10.00. The van der Waals surface area contributed by atoms with Crippen LogP contribution in [-0.4, -0.2) is 57.3 Å². The third-order valence-corrected chi connectivity index (χ3v) is 12.1. The van der Waals surface area contributed by atoms with Crippen LogP contribution in [0.4, 0.5) is 0 Å². The van der Waals surface area contributed by atoms with Crippen molar-refractivity contribution in [2.24, 2.45) is 0 Å². The van der Waals surface area contributed by atoms with Crippen molar-refractivity contribution in [1.29, 1.82) is 0 Å². The number of aliphatic hydroxyl groups excluding tert-OH is 4. The van der Waals surface area contributed by atoms with Crippen LogP contribution in [0, 0.1) is 0 Å². The minimum atomic E-state index is -1.28. The van der Waals surface area contributed by atoms with E-state index in [0.717, 1.165) is 44.9 Å². The molecule has 4 unspecified atom stereocenters. The van der Waals surface area contributed by atoms with Crippen LogP contribution in [0.5, 0.6) is 0 Å². The fraction of sp³-hybridized carbons (Fsp3) is 0.904. The predicted octanol–water partition coefficient (Wildman–Crippen LogP) is 14.3. The number of hydrogen-bond donors (Lipinski definition) is 5. The van der Waals surface area contributed by atoms with Gasteiger partial charge in [0.25, 0.3) is 0 Å². The molecule has 0 aliphatic carbocycles. The molecule has 5 N–H and O–H groups in total. The molecule has 0 radical (unpaired) electrons. The lowest BCUT2D eigenvalue weighted by molar-refractivity contribution is -0.132. The van der Waals surface area contributed by atoms with Gasteiger partial charge < -0.3 is 25.7 Å². The van der Waals surface area contributed by atoms with Crippen LogP contribution < -0.4 is 5.32 Å². The first kappa shape index (κ1) is 56.8. The highest BCUT2D eigenvalue weighted by molar-refractivity contribution is 5.80. The van der Waals surface area contributed by atoms with Crippen molar-refractivity contribution in [3.8, 4) is 0 Å². The SMILES string of the molecule is CCCCCCCCCC/C=C\CCCCCCCCC(O)C(=O)NC(CO)C(O)C(O)CCC/C=C/CCCCCCCCCCCCCCCCCCCCC. The smallest absolute Gasteiger partial charge is 0.249 e. The number of amides is 1. The van der Waals surface area contributed by atoms with Gasteiger partial charge in [-0.2, -0.15) is 0 Å². The zero-order chi connectivity index (χ0) is 42.4. The van der Waals surface area contributed by atoms with Gasteiger partial charge in [-0.05, 0) is 64.2 Å². The van der Waals surface area contributed by atoms with Crippen molar-refractivity contribution >= 4 is 5.91 Å². The van der Waals surface area contributed by atoms with Crippen LogP contribution in [0.3, 0.4) is 0 Å². The Bertz CT molecular complexity index is 878. The van der Waals surface area contributed by atoms with E-state index < -0.39 is 36.9 Å². The summed E-state index contributed by atoms with van der Waals surface area (Å²) < 4.78 is 0. The molecule has 0 saturated heterocycles. The standard InChI is InChI=1S/C52H101NO5/c1-3-5-7-9-11-13-15-17-19-21-23-24-25-26-27-28-30-31-33-35-37-39-41-43-45-49(55)51(57)48(47-54)53-52(58)50(56)46-44-42-40-38-36-34-32-29-22-20-18-16-14-12-10-8-6-4-2/h22,29,37,39,48-51,54-57H,3-21,23-28,30-36,38,40-47H2,1-2H3,(H,53,58)/b29-22-,39-37+. The maximum Gasteiger partial charge on any atom is 0.249 e. The molecule has 344 valence electrons. The maximum absolute atomic E-state index is 12.5. The van der Waals surface area contributed by atoms with E-state index in [4.69, 9.17) is 0 Å². The van der Waals surface area contributed by atoms with Gasteiger partial charge in [-0.1, -0.05) is 231 Å². The van der Waals surface area contributed by atoms with E-state index in [-0.39, 0.29) is 0 Å². The molecule has 0 saturated carbocycles. The number of unbranched alkanes of at least 4 members (excludes halogenated alkanes) is 34. The number of aliphatic hydroxyl groups is 4. The summed E-state index contributed by atoms with van der Waals surface area (Å²) in [6.45, 7) is 4.06. The van der Waals surface area contributed by atoms with E-state index >= 15 is 0 Å². The van der Waals surface area contributed by atoms with Crippen molar-refractivity contribution in [3.05, 3.63) is 24.3 Å². The predicted molar refractivity (Wildman–Crippen MR) is 251 cm³/mol. The number of allylic oxidation sites excluding steroid dienone is 4. The average Bonchev–Trinajstić information content (AvgIpc) is 3.23. The highest BCUT2D eigenvalue weighted by atomic mass is 16.3. The molecule has 0 aromatic carbocycles. The number of carbonyl (C=O) groups is 1. The summed E-state index contributed by atoms with van der Waals surface area (Å²) in [4.78, 5) is 12.5. The Kier molecular flexibility index (Phi) is 45.9. The first-order valence-corrected chi connectivity index (χ1v) is 25.7. The van der Waals surface area contributed by atoms with Crippen molar-refractivity contribution < 1.29 is 25.2 Å². The second kappa shape index (κ2) is 46.8. The number of nitrogens with one attached hydrogen (secondary N) is 1. The van der Waals surface area contributed by atoms with Gasteiger partial charge in [-0.25, -0.2) is 0 Å². The third kappa shape index (κ3) is 40.2. The molecule has 0 rings (SSSR count). The second-order valence-electron chi connectivity index (χ2n) is 17.9. The maximum atomic E-state index is 12.5. The minimum Gasteiger partial charge on any atom is -0.394 e. The summed E-state index contributed by atoms with van der Waals surface area (Å²) in [6.07, 6.45) is 55.2. The van der Waals surface area contributed by atoms with Crippen LogP contribution in [0.15, 0.2) is 24.3 Å². The Labute approximate surface area is 361 Å². The lowest BCUT2D eigenvalue weighted by Crippen LogP contribution is -2.53. The first-order valence-electron chi connectivity index (χ1n) is 25.7. The molecule has 0 aromatic heterocycles. The largest absolute Gasteiger partial charge is 0.394 e. The molecule has 0 aliphatic heterocycles. The molecular weight excluding hydrogens is 719 g/mol. The Balaban J connectivity index is 3.70. The van der Waals surface area contributed by atoms with Crippen LogP contribution in [0.25, 0.3) is 0 Å². The summed E-state index contributed by atoms with van der Waals surface area (Å²) >= 11 is 0. The number of rotatable bonds is 47. The molecular formula is C52H101NO5. The molecule has 6 heteroatoms. The van der Waals surface area contributed by atoms with Gasteiger partial charge in [0.15, 0.2) is 0 Å². The van der Waals surface area contributed by atoms with E-state index in [1.54, 1.807) is 0 Å². The van der Waals surface area contributed by atoms with Gasteiger partial charge in [-0.15, -0.1) is 0 Å².